The molecule has 0 fully saturated rings. The van der Waals surface area contributed by atoms with Gasteiger partial charge in [0.15, 0.2) is 5.78 Å². The number of alkyl carbamates (subject to hydrolysis) is 2. The summed E-state index contributed by atoms with van der Waals surface area (Å²) < 4.78 is 10.6. The zero-order chi connectivity index (χ0) is 47.5. The van der Waals surface area contributed by atoms with Gasteiger partial charge in [-0.25, -0.2) is 14.4 Å². The number of aliphatic carboxylic acids is 1. The van der Waals surface area contributed by atoms with E-state index in [1.54, 1.807) is 65.8 Å². The summed E-state index contributed by atoms with van der Waals surface area (Å²) in [6, 6.07) is 27.8. The molecule has 4 aromatic rings. The first-order valence-corrected chi connectivity index (χ1v) is 21.0. The Morgan fingerprint density at radius 2 is 0.828 bits per heavy atom. The molecule has 0 aliphatic carbocycles. The summed E-state index contributed by atoms with van der Waals surface area (Å²) in [5, 5.41) is 38.9. The van der Waals surface area contributed by atoms with E-state index in [2.05, 4.69) is 21.3 Å². The predicted octanol–water partition coefficient (Wildman–Crippen LogP) is 6.56. The number of ketones is 1. The molecule has 0 aliphatic rings. The van der Waals surface area contributed by atoms with Crippen LogP contribution < -0.4 is 21.3 Å². The summed E-state index contributed by atoms with van der Waals surface area (Å²) >= 11 is 0. The molecule has 0 spiro atoms. The van der Waals surface area contributed by atoms with Gasteiger partial charge in [0.05, 0.1) is 6.04 Å². The number of carbonyl (C=O) groups is 6. The molecule has 7 N–H and O–H groups in total. The standard InChI is InChI=1S/C25H32N2O5.C24H30N2O6/c1-17(28)22(16-19-10-13-20(29)14-11-19)26-23(30)21(27-24(31)32-25(2,3)4)15-12-18-8-6-5-7-9-18;1-24(2,3)32-23(31)26-19(14-11-16-7-5-4-6-8-16)21(28)25-20(22(29)30)15-17-9-12-18(27)13-10-17/h5-11,13-14,21-22,29H,12,15-16H2,1-4H3,(H,26,30)(H,27,31);4-10,12-13,19-20,27H,11,14-15H2,1-3H3,(H,25,28)(H,26,31)(H,29,30)/t21-,22+;19-,20+/m11/s1. The lowest BCUT2D eigenvalue weighted by molar-refractivity contribution is -0.142. The second-order valence-electron chi connectivity index (χ2n) is 17.3. The number of phenols is 2. The topological polar surface area (TPSA) is 230 Å². The summed E-state index contributed by atoms with van der Waals surface area (Å²) in [7, 11) is 0. The maximum atomic E-state index is 13.1. The number of Topliss-reactive ketones (excluding diaryl/α,β-unsaturated/α-hetero) is 1. The fourth-order valence-electron chi connectivity index (χ4n) is 6.13. The van der Waals surface area contributed by atoms with Crippen LogP contribution in [0.3, 0.4) is 0 Å². The van der Waals surface area contributed by atoms with Crippen molar-refractivity contribution in [3.63, 3.8) is 0 Å². The van der Waals surface area contributed by atoms with E-state index in [0.29, 0.717) is 24.8 Å². The average Bonchev–Trinajstić information content (AvgIpc) is 3.21. The van der Waals surface area contributed by atoms with Crippen molar-refractivity contribution < 1.29 is 53.6 Å². The van der Waals surface area contributed by atoms with Crippen molar-refractivity contribution in [2.75, 3.05) is 0 Å². The Labute approximate surface area is 375 Å². The highest BCUT2D eigenvalue weighted by Crippen LogP contribution is 2.15. The first kappa shape index (κ1) is 51.5. The molecule has 344 valence electrons. The zero-order valence-corrected chi connectivity index (χ0v) is 37.6. The number of carboxylic acid groups (broad SMARTS) is 1. The van der Waals surface area contributed by atoms with Crippen molar-refractivity contribution in [1.29, 1.82) is 0 Å². The zero-order valence-electron chi connectivity index (χ0n) is 37.6. The van der Waals surface area contributed by atoms with E-state index in [4.69, 9.17) is 9.47 Å². The Morgan fingerprint density at radius 1 is 0.484 bits per heavy atom. The van der Waals surface area contributed by atoms with E-state index < -0.39 is 65.3 Å². The highest BCUT2D eigenvalue weighted by Gasteiger charge is 2.30. The molecule has 64 heavy (non-hydrogen) atoms. The molecule has 0 heterocycles. The molecule has 0 saturated heterocycles. The van der Waals surface area contributed by atoms with Crippen molar-refractivity contribution in [3.05, 3.63) is 131 Å². The maximum Gasteiger partial charge on any atom is 0.408 e. The number of aryl methyl sites for hydroxylation is 2. The third-order valence-electron chi connectivity index (χ3n) is 9.32. The number of aromatic hydroxyl groups is 2. The average molecular weight is 883 g/mol. The number of amides is 4. The van der Waals surface area contributed by atoms with Gasteiger partial charge in [-0.15, -0.1) is 0 Å². The van der Waals surface area contributed by atoms with Crippen molar-refractivity contribution in [1.82, 2.24) is 21.3 Å². The maximum absolute atomic E-state index is 13.1. The van der Waals surface area contributed by atoms with Gasteiger partial charge in [-0.3, -0.25) is 14.4 Å². The molecule has 0 aliphatic heterocycles. The summed E-state index contributed by atoms with van der Waals surface area (Å²) in [5.74, 6) is -2.29. The van der Waals surface area contributed by atoms with Crippen molar-refractivity contribution in [2.45, 2.75) is 122 Å². The number of rotatable bonds is 18. The second kappa shape index (κ2) is 24.7. The molecule has 0 saturated carbocycles. The van der Waals surface area contributed by atoms with Crippen LogP contribution >= 0.6 is 0 Å². The molecular formula is C49H62N4O11. The molecule has 4 amide bonds. The van der Waals surface area contributed by atoms with Crippen molar-refractivity contribution >= 4 is 35.8 Å². The summed E-state index contributed by atoms with van der Waals surface area (Å²) in [5.41, 5.74) is 2.00. The van der Waals surface area contributed by atoms with E-state index in [0.717, 1.165) is 16.7 Å². The molecule has 15 heteroatoms. The summed E-state index contributed by atoms with van der Waals surface area (Å²) in [4.78, 5) is 74.5. The third kappa shape index (κ3) is 20.3. The lowest BCUT2D eigenvalue weighted by atomic mass is 10.0. The second-order valence-corrected chi connectivity index (χ2v) is 17.3. The van der Waals surface area contributed by atoms with Crippen molar-refractivity contribution in [3.8, 4) is 11.5 Å². The van der Waals surface area contributed by atoms with Crippen LogP contribution in [0.15, 0.2) is 109 Å². The highest BCUT2D eigenvalue weighted by atomic mass is 16.6. The van der Waals surface area contributed by atoms with Crippen LogP contribution in [0, 0.1) is 0 Å². The molecule has 4 atom stereocenters. The molecular weight excluding hydrogens is 821 g/mol. The van der Waals surface area contributed by atoms with E-state index >= 15 is 0 Å². The lowest BCUT2D eigenvalue weighted by Crippen LogP contribution is -2.53. The van der Waals surface area contributed by atoms with Gasteiger partial charge >= 0.3 is 18.2 Å². The van der Waals surface area contributed by atoms with Gasteiger partial charge in [0.2, 0.25) is 11.8 Å². The van der Waals surface area contributed by atoms with Crippen LogP contribution in [0.5, 0.6) is 11.5 Å². The first-order chi connectivity index (χ1) is 30.1. The molecule has 15 nitrogen and oxygen atoms in total. The van der Waals surface area contributed by atoms with Gasteiger partial charge in [-0.1, -0.05) is 84.9 Å². The Kier molecular flexibility index (Phi) is 19.8. The third-order valence-corrected chi connectivity index (χ3v) is 9.32. The van der Waals surface area contributed by atoms with E-state index in [1.807, 2.05) is 60.7 Å². The smallest absolute Gasteiger partial charge is 0.408 e. The quantitative estimate of drug-likeness (QED) is 0.0566. The van der Waals surface area contributed by atoms with Gasteiger partial charge in [0.1, 0.15) is 40.8 Å². The number of hydrogen-bond acceptors (Lipinski definition) is 10. The van der Waals surface area contributed by atoms with Crippen LogP contribution in [-0.4, -0.2) is 86.4 Å². The number of carbonyl (C=O) groups excluding carboxylic acids is 5. The molecule has 0 aromatic heterocycles. The lowest BCUT2D eigenvalue weighted by Gasteiger charge is -2.25. The fourth-order valence-corrected chi connectivity index (χ4v) is 6.13. The Morgan fingerprint density at radius 3 is 1.16 bits per heavy atom. The van der Waals surface area contributed by atoms with Gasteiger partial charge < -0.3 is 46.1 Å². The highest BCUT2D eigenvalue weighted by molar-refractivity contribution is 5.91. The van der Waals surface area contributed by atoms with Crippen molar-refractivity contribution in [2.24, 2.45) is 0 Å². The molecule has 4 aromatic carbocycles. The number of phenolic OH excluding ortho intramolecular Hbond substituents is 2. The number of hydrogen-bond donors (Lipinski definition) is 7. The monoisotopic (exact) mass is 882 g/mol. The number of carboxylic acids is 1. The largest absolute Gasteiger partial charge is 0.508 e. The summed E-state index contributed by atoms with van der Waals surface area (Å²) in [6.07, 6.45) is 0.541. The SMILES string of the molecule is CC(=O)[C@H](Cc1ccc(O)cc1)NC(=O)[C@@H](CCc1ccccc1)NC(=O)OC(C)(C)C.CC(C)(C)OC(=O)N[C@H](CCc1ccccc1)C(=O)N[C@@H](Cc1ccc(O)cc1)C(=O)O. The summed E-state index contributed by atoms with van der Waals surface area (Å²) in [6.45, 7) is 11.8. The number of nitrogens with one attached hydrogen (secondary N) is 4. The Hall–Kier alpha value is -6.90. The van der Waals surface area contributed by atoms with Crippen LogP contribution in [0.4, 0.5) is 9.59 Å². The van der Waals surface area contributed by atoms with Gasteiger partial charge in [-0.05, 0) is 127 Å². The van der Waals surface area contributed by atoms with Crippen LogP contribution in [-0.2, 0) is 54.3 Å². The Bertz CT molecular complexity index is 1960. The minimum atomic E-state index is -1.20. The van der Waals surface area contributed by atoms with E-state index in [9.17, 15) is 44.1 Å². The number of benzene rings is 4. The predicted molar refractivity (Wildman–Crippen MR) is 242 cm³/mol. The first-order valence-electron chi connectivity index (χ1n) is 21.0. The normalized spacial score (nSPS) is 13.0. The van der Waals surface area contributed by atoms with E-state index in [-0.39, 0.29) is 36.5 Å². The number of ether oxygens (including phenoxy) is 2. The van der Waals surface area contributed by atoms with Gasteiger partial charge in [0, 0.05) is 6.42 Å². The molecule has 4 rings (SSSR count). The molecule has 0 bridgehead atoms. The van der Waals surface area contributed by atoms with Crippen LogP contribution in [0.25, 0.3) is 0 Å². The van der Waals surface area contributed by atoms with Gasteiger partial charge in [0.25, 0.3) is 0 Å². The molecule has 0 radical (unpaired) electrons. The van der Waals surface area contributed by atoms with E-state index in [1.165, 1.54) is 31.2 Å². The Balaban J connectivity index is 0.000000340. The molecule has 0 unspecified atom stereocenters. The fraction of sp³-hybridized carbons (Fsp3) is 0.388. The minimum absolute atomic E-state index is 0.0270. The van der Waals surface area contributed by atoms with Crippen LogP contribution in [0.2, 0.25) is 0 Å². The van der Waals surface area contributed by atoms with Gasteiger partial charge in [-0.2, -0.15) is 0 Å². The van der Waals surface area contributed by atoms with Crippen LogP contribution in [0.1, 0.15) is 83.6 Å². The minimum Gasteiger partial charge on any atom is -0.508 e.